The van der Waals surface area contributed by atoms with Crippen LogP contribution in [0.1, 0.15) is 6.42 Å². The van der Waals surface area contributed by atoms with Crippen LogP contribution in [0.5, 0.6) is 5.75 Å². The molecule has 24 heavy (non-hydrogen) atoms. The molecule has 2 N–H and O–H groups in total. The number of quaternary nitrogens is 1. The van der Waals surface area contributed by atoms with Crippen LogP contribution in [0.15, 0.2) is 23.1 Å². The van der Waals surface area contributed by atoms with Crippen LogP contribution in [0.2, 0.25) is 0 Å². The zero-order valence-corrected chi connectivity index (χ0v) is 16.3. The molecule has 0 fully saturated rings. The highest BCUT2D eigenvalue weighted by molar-refractivity contribution is 7.92. The molecule has 0 unspecified atom stereocenters. The first-order valence-corrected chi connectivity index (χ1v) is 10.7. The summed E-state index contributed by atoms with van der Waals surface area (Å²) in [6.07, 6.45) is 1.74. The van der Waals surface area contributed by atoms with Gasteiger partial charge in [0.25, 0.3) is 0 Å². The van der Waals surface area contributed by atoms with Gasteiger partial charge in [0, 0.05) is 20.0 Å². The summed E-state index contributed by atoms with van der Waals surface area (Å²) >= 11 is 0. The molecular formula is C14H26N3O5S2+. The highest BCUT2D eigenvalue weighted by atomic mass is 32.2. The van der Waals surface area contributed by atoms with E-state index in [0.717, 1.165) is 17.1 Å². The van der Waals surface area contributed by atoms with Crippen LogP contribution in [-0.4, -0.2) is 64.4 Å². The number of hydrogen-bond donors (Lipinski definition) is 2. The second kappa shape index (κ2) is 8.15. The molecule has 0 saturated carbocycles. The number of methoxy groups -OCH3 is 1. The van der Waals surface area contributed by atoms with Crippen molar-refractivity contribution in [3.63, 3.8) is 0 Å². The normalized spacial score (nSPS) is 12.4. The van der Waals surface area contributed by atoms with Crippen molar-refractivity contribution in [1.29, 1.82) is 0 Å². The second-order valence-corrected chi connectivity index (χ2v) is 9.55. The van der Waals surface area contributed by atoms with Crippen molar-refractivity contribution in [1.82, 2.24) is 4.72 Å². The molecular weight excluding hydrogens is 354 g/mol. The Bertz CT molecular complexity index is 761. The van der Waals surface area contributed by atoms with Crippen molar-refractivity contribution < 1.29 is 26.5 Å². The maximum absolute atomic E-state index is 12.4. The number of rotatable bonds is 9. The van der Waals surface area contributed by atoms with Gasteiger partial charge in [-0.05, 0) is 18.2 Å². The molecule has 0 saturated heterocycles. The zero-order chi connectivity index (χ0) is 18.5. The first kappa shape index (κ1) is 20.7. The lowest BCUT2D eigenvalue weighted by molar-refractivity contribution is -0.858. The molecule has 0 atom stereocenters. The summed E-state index contributed by atoms with van der Waals surface area (Å²) in [5.41, 5.74) is 0.167. The fourth-order valence-corrected chi connectivity index (χ4v) is 3.59. The smallest absolute Gasteiger partial charge is 0.240 e. The quantitative estimate of drug-likeness (QED) is 0.530. The van der Waals surface area contributed by atoms with E-state index < -0.39 is 20.0 Å². The first-order valence-electron chi connectivity index (χ1n) is 7.39. The Morgan fingerprint density at radius 2 is 1.83 bits per heavy atom. The van der Waals surface area contributed by atoms with Crippen LogP contribution in [0.25, 0.3) is 0 Å². The second-order valence-electron chi connectivity index (χ2n) is 5.77. The van der Waals surface area contributed by atoms with Crippen LogP contribution in [0.3, 0.4) is 0 Å². The third-order valence-corrected chi connectivity index (χ3v) is 6.09. The fraction of sp³-hybridized carbons (Fsp3) is 0.571. The molecule has 0 aliphatic carbocycles. The third-order valence-electron chi connectivity index (χ3n) is 3.44. The molecule has 138 valence electrons. The Balaban J connectivity index is 3.08. The van der Waals surface area contributed by atoms with Gasteiger partial charge in [0.15, 0.2) is 0 Å². The number of sulfonamides is 2. The van der Waals surface area contributed by atoms with Crippen LogP contribution in [0, 0.1) is 0 Å². The van der Waals surface area contributed by atoms with Gasteiger partial charge in [0.2, 0.25) is 20.0 Å². The molecule has 0 heterocycles. The molecule has 10 heteroatoms. The standard InChI is InChI=1S/C14H25N3O5S2/c1-16(2)10-6-9-15-24(20,21)12-7-8-14(22-4)13(11-12)17(3)23(5,18)19/h7-8,11,15H,6,9-10H2,1-5H3/p+1. The Hall–Kier alpha value is -1.36. The molecule has 0 aliphatic rings. The summed E-state index contributed by atoms with van der Waals surface area (Å²) < 4.78 is 56.9. The van der Waals surface area contributed by atoms with E-state index in [1.165, 1.54) is 37.3 Å². The Morgan fingerprint density at radius 1 is 1.21 bits per heavy atom. The highest BCUT2D eigenvalue weighted by Gasteiger charge is 2.21. The van der Waals surface area contributed by atoms with Gasteiger partial charge < -0.3 is 9.64 Å². The maximum Gasteiger partial charge on any atom is 0.240 e. The molecule has 8 nitrogen and oxygen atoms in total. The molecule has 0 radical (unpaired) electrons. The van der Waals surface area contributed by atoms with Crippen molar-refractivity contribution in [3.8, 4) is 5.75 Å². The Labute approximate surface area is 144 Å². The number of nitrogens with one attached hydrogen (secondary N) is 2. The van der Waals surface area contributed by atoms with E-state index in [4.69, 9.17) is 4.74 Å². The lowest BCUT2D eigenvalue weighted by Gasteiger charge is -2.20. The van der Waals surface area contributed by atoms with Crippen LogP contribution < -0.4 is 18.7 Å². The summed E-state index contributed by atoms with van der Waals surface area (Å²) in [4.78, 5) is 1.22. The van der Waals surface area contributed by atoms with Gasteiger partial charge in [-0.2, -0.15) is 0 Å². The van der Waals surface area contributed by atoms with E-state index >= 15 is 0 Å². The Kier molecular flexibility index (Phi) is 7.02. The summed E-state index contributed by atoms with van der Waals surface area (Å²) in [6, 6.07) is 4.12. The van der Waals surface area contributed by atoms with E-state index in [0.29, 0.717) is 13.0 Å². The van der Waals surface area contributed by atoms with Gasteiger partial charge in [-0.25, -0.2) is 21.6 Å². The van der Waals surface area contributed by atoms with Crippen molar-refractivity contribution in [3.05, 3.63) is 18.2 Å². The summed E-state index contributed by atoms with van der Waals surface area (Å²) in [5, 5.41) is 0. The monoisotopic (exact) mass is 380 g/mol. The fourth-order valence-electron chi connectivity index (χ4n) is 1.99. The minimum atomic E-state index is -3.72. The van der Waals surface area contributed by atoms with Crippen LogP contribution in [-0.2, 0) is 20.0 Å². The molecule has 0 bridgehead atoms. The highest BCUT2D eigenvalue weighted by Crippen LogP contribution is 2.31. The van der Waals surface area contributed by atoms with Crippen molar-refractivity contribution in [2.75, 3.05) is 51.9 Å². The van der Waals surface area contributed by atoms with Crippen LogP contribution >= 0.6 is 0 Å². The SMILES string of the molecule is COc1ccc(S(=O)(=O)NCCC[NH+](C)C)cc1N(C)S(C)(=O)=O. The predicted molar refractivity (Wildman–Crippen MR) is 93.7 cm³/mol. The zero-order valence-electron chi connectivity index (χ0n) is 14.7. The molecule has 1 aromatic carbocycles. The summed E-state index contributed by atoms with van der Waals surface area (Å²) in [5.74, 6) is 0.276. The predicted octanol–water partition coefficient (Wildman–Crippen LogP) is -1.10. The number of hydrogen-bond acceptors (Lipinski definition) is 5. The lowest BCUT2D eigenvalue weighted by atomic mass is 10.3. The van der Waals surface area contributed by atoms with Gasteiger partial charge >= 0.3 is 0 Å². The average Bonchev–Trinajstić information content (AvgIpc) is 2.49. The van der Waals surface area contributed by atoms with E-state index in [-0.39, 0.29) is 16.3 Å². The number of ether oxygens (including phenoxy) is 1. The van der Waals surface area contributed by atoms with Crippen LogP contribution in [0.4, 0.5) is 5.69 Å². The molecule has 0 amide bonds. The van der Waals surface area contributed by atoms with Gasteiger partial charge in [-0.3, -0.25) is 4.31 Å². The maximum atomic E-state index is 12.4. The average molecular weight is 381 g/mol. The van der Waals surface area contributed by atoms with Crippen molar-refractivity contribution in [2.24, 2.45) is 0 Å². The first-order chi connectivity index (χ1) is 11.0. The molecule has 0 aliphatic heterocycles. The molecule has 1 rings (SSSR count). The number of benzene rings is 1. The van der Waals surface area contributed by atoms with E-state index in [2.05, 4.69) is 4.72 Å². The number of anilines is 1. The molecule has 0 spiro atoms. The van der Waals surface area contributed by atoms with Gasteiger partial charge in [-0.15, -0.1) is 0 Å². The number of nitrogens with zero attached hydrogens (tertiary/aromatic N) is 1. The van der Waals surface area contributed by atoms with Crippen molar-refractivity contribution >= 4 is 25.7 Å². The van der Waals surface area contributed by atoms with Gasteiger partial charge in [0.1, 0.15) is 5.75 Å². The lowest BCUT2D eigenvalue weighted by Crippen LogP contribution is -3.05. The summed E-state index contributed by atoms with van der Waals surface area (Å²) in [6.45, 7) is 1.16. The third kappa shape index (κ3) is 5.62. The van der Waals surface area contributed by atoms with E-state index in [1.807, 2.05) is 14.1 Å². The summed E-state index contributed by atoms with van der Waals surface area (Å²) in [7, 11) is -0.546. The van der Waals surface area contributed by atoms with Crippen molar-refractivity contribution in [2.45, 2.75) is 11.3 Å². The molecule has 0 aromatic heterocycles. The minimum absolute atomic E-state index is 0.00833. The largest absolute Gasteiger partial charge is 0.495 e. The van der Waals surface area contributed by atoms with E-state index in [9.17, 15) is 16.8 Å². The Morgan fingerprint density at radius 3 is 2.33 bits per heavy atom. The topological polar surface area (TPSA) is 97.2 Å². The van der Waals surface area contributed by atoms with E-state index in [1.54, 1.807) is 0 Å². The molecule has 1 aromatic rings. The minimum Gasteiger partial charge on any atom is -0.495 e. The van der Waals surface area contributed by atoms with Gasteiger partial charge in [0.05, 0.1) is 44.6 Å². The van der Waals surface area contributed by atoms with Gasteiger partial charge in [-0.1, -0.05) is 0 Å².